The van der Waals surface area contributed by atoms with Crippen molar-refractivity contribution in [3.63, 3.8) is 0 Å². The van der Waals surface area contributed by atoms with Gasteiger partial charge in [0.1, 0.15) is 0 Å². The van der Waals surface area contributed by atoms with Crippen molar-refractivity contribution in [2.24, 2.45) is 0 Å². The number of piperidine rings is 1. The van der Waals surface area contributed by atoms with Crippen molar-refractivity contribution in [3.8, 4) is 0 Å². The van der Waals surface area contributed by atoms with E-state index >= 15 is 0 Å². The van der Waals surface area contributed by atoms with Crippen LogP contribution in [0.2, 0.25) is 0 Å². The quantitative estimate of drug-likeness (QED) is 0.687. The Kier molecular flexibility index (Phi) is 4.62. The second kappa shape index (κ2) is 7.44. The van der Waals surface area contributed by atoms with Crippen molar-refractivity contribution in [1.82, 2.24) is 9.88 Å². The van der Waals surface area contributed by atoms with Crippen LogP contribution in [0, 0.1) is 0 Å². The summed E-state index contributed by atoms with van der Waals surface area (Å²) in [5.74, 6) is -0.432. The smallest absolute Gasteiger partial charge is 0.230 e. The van der Waals surface area contributed by atoms with E-state index in [1.807, 2.05) is 59.5 Å². The van der Waals surface area contributed by atoms with Crippen LogP contribution in [0.4, 0.5) is 11.4 Å². The number of fused-ring (bicyclic) bond motifs is 2. The molecule has 0 saturated carbocycles. The van der Waals surface area contributed by atoms with Gasteiger partial charge in [0.15, 0.2) is 0 Å². The molecule has 6 heteroatoms. The number of amides is 2. The number of nitrogens with zero attached hydrogens (tertiary/aromatic N) is 2. The van der Waals surface area contributed by atoms with Crippen LogP contribution in [0.15, 0.2) is 54.6 Å². The van der Waals surface area contributed by atoms with Gasteiger partial charge >= 0.3 is 0 Å². The molecule has 0 unspecified atom stereocenters. The van der Waals surface area contributed by atoms with E-state index in [2.05, 4.69) is 5.32 Å². The first kappa shape index (κ1) is 18.6. The van der Waals surface area contributed by atoms with Crippen molar-refractivity contribution < 1.29 is 9.59 Å². The van der Waals surface area contributed by atoms with Crippen LogP contribution in [0.25, 0.3) is 10.9 Å². The fourth-order valence-corrected chi connectivity index (χ4v) is 4.73. The van der Waals surface area contributed by atoms with Gasteiger partial charge in [0, 0.05) is 36.5 Å². The third-order valence-electron chi connectivity index (χ3n) is 6.20. The summed E-state index contributed by atoms with van der Waals surface area (Å²) in [5.41, 5.74) is 10.4. The number of carbonyl (C=O) groups is 2. The van der Waals surface area contributed by atoms with E-state index in [-0.39, 0.29) is 24.2 Å². The highest BCUT2D eigenvalue weighted by atomic mass is 16.2. The van der Waals surface area contributed by atoms with Crippen molar-refractivity contribution in [1.29, 1.82) is 0 Å². The van der Waals surface area contributed by atoms with Crippen molar-refractivity contribution in [2.45, 2.75) is 31.1 Å². The standard InChI is InChI=1S/C24H24N4O2/c25-19-12-15-6-1-3-9-20(15)27-23(19)16-7-5-11-28(14-16)24(30)18-13-22(29)26-21-10-4-2-8-17(18)21/h1-4,6,8-10,12,16,18H,5,7,11,13-14,25H2,(H,26,29)/t16-,18-/m0/s1. The van der Waals surface area contributed by atoms with Gasteiger partial charge in [-0.2, -0.15) is 0 Å². The Bertz CT molecular complexity index is 1140. The molecule has 1 aromatic heterocycles. The number of rotatable bonds is 2. The third kappa shape index (κ3) is 3.28. The van der Waals surface area contributed by atoms with Crippen molar-refractivity contribution >= 4 is 34.1 Å². The molecule has 2 amide bonds. The minimum absolute atomic E-state index is 0.0151. The molecule has 2 aliphatic heterocycles. The fourth-order valence-electron chi connectivity index (χ4n) is 4.73. The molecule has 152 valence electrons. The second-order valence-corrected chi connectivity index (χ2v) is 8.17. The molecule has 6 nitrogen and oxygen atoms in total. The van der Waals surface area contributed by atoms with Crippen LogP contribution in [0.5, 0.6) is 0 Å². The number of pyridine rings is 1. The van der Waals surface area contributed by atoms with Crippen LogP contribution >= 0.6 is 0 Å². The monoisotopic (exact) mass is 400 g/mol. The van der Waals surface area contributed by atoms with Crippen LogP contribution in [-0.4, -0.2) is 34.8 Å². The Morgan fingerprint density at radius 3 is 2.83 bits per heavy atom. The maximum atomic E-state index is 13.4. The molecule has 0 bridgehead atoms. The lowest BCUT2D eigenvalue weighted by Gasteiger charge is -2.36. The number of hydrogen-bond donors (Lipinski definition) is 2. The lowest BCUT2D eigenvalue weighted by Crippen LogP contribution is -2.43. The first-order valence-corrected chi connectivity index (χ1v) is 10.4. The molecule has 1 saturated heterocycles. The lowest BCUT2D eigenvalue weighted by atomic mass is 9.87. The predicted octanol–water partition coefficient (Wildman–Crippen LogP) is 3.65. The summed E-state index contributed by atoms with van der Waals surface area (Å²) < 4.78 is 0. The number of nitrogen functional groups attached to an aromatic ring is 1. The maximum Gasteiger partial charge on any atom is 0.230 e. The molecular weight excluding hydrogens is 376 g/mol. The third-order valence-corrected chi connectivity index (χ3v) is 6.20. The zero-order valence-corrected chi connectivity index (χ0v) is 16.7. The summed E-state index contributed by atoms with van der Waals surface area (Å²) in [5, 5.41) is 3.89. The summed E-state index contributed by atoms with van der Waals surface area (Å²) >= 11 is 0. The summed E-state index contributed by atoms with van der Waals surface area (Å²) in [6.45, 7) is 1.28. The molecule has 30 heavy (non-hydrogen) atoms. The van der Waals surface area contributed by atoms with Gasteiger partial charge in [-0.3, -0.25) is 14.6 Å². The topological polar surface area (TPSA) is 88.3 Å². The molecule has 1 fully saturated rings. The minimum atomic E-state index is -0.435. The average Bonchev–Trinajstić information content (AvgIpc) is 2.77. The van der Waals surface area contributed by atoms with Crippen LogP contribution in [0.1, 0.15) is 42.4 Å². The summed E-state index contributed by atoms with van der Waals surface area (Å²) in [4.78, 5) is 32.3. The van der Waals surface area contributed by atoms with Gasteiger partial charge in [0.25, 0.3) is 0 Å². The number of nitrogens with two attached hydrogens (primary N) is 1. The Labute approximate surface area is 175 Å². The van der Waals surface area contributed by atoms with Crippen molar-refractivity contribution in [2.75, 3.05) is 24.1 Å². The highest BCUT2D eigenvalue weighted by Crippen LogP contribution is 2.36. The van der Waals surface area contributed by atoms with E-state index in [1.165, 1.54) is 0 Å². The number of anilines is 2. The molecule has 2 aromatic carbocycles. The van der Waals surface area contributed by atoms with Gasteiger partial charge in [-0.05, 0) is 36.6 Å². The molecule has 3 aromatic rings. The van der Waals surface area contributed by atoms with E-state index in [1.54, 1.807) is 0 Å². The normalized spacial score (nSPS) is 21.2. The Balaban J connectivity index is 1.42. The summed E-state index contributed by atoms with van der Waals surface area (Å²) in [7, 11) is 0. The first-order chi connectivity index (χ1) is 14.6. The van der Waals surface area contributed by atoms with Crippen LogP contribution < -0.4 is 11.1 Å². The largest absolute Gasteiger partial charge is 0.397 e. The Morgan fingerprint density at radius 2 is 1.93 bits per heavy atom. The van der Waals surface area contributed by atoms with Crippen molar-refractivity contribution in [3.05, 3.63) is 65.9 Å². The Morgan fingerprint density at radius 1 is 1.13 bits per heavy atom. The van der Waals surface area contributed by atoms with Crippen LogP contribution in [0.3, 0.4) is 0 Å². The first-order valence-electron chi connectivity index (χ1n) is 10.4. The number of nitrogens with one attached hydrogen (secondary N) is 1. The average molecular weight is 400 g/mol. The van der Waals surface area contributed by atoms with Gasteiger partial charge in [0.2, 0.25) is 11.8 Å². The number of hydrogen-bond acceptors (Lipinski definition) is 4. The molecule has 3 N–H and O–H groups in total. The van der Waals surface area contributed by atoms with E-state index in [9.17, 15) is 9.59 Å². The summed E-state index contributed by atoms with van der Waals surface area (Å²) in [6.07, 6.45) is 2.03. The SMILES string of the molecule is Nc1cc2ccccc2nc1[C@H]1CCCN(C(=O)[C@H]2CC(=O)Nc3ccccc32)C1. The van der Waals surface area contributed by atoms with Crippen LogP contribution in [-0.2, 0) is 9.59 Å². The maximum absolute atomic E-state index is 13.4. The summed E-state index contributed by atoms with van der Waals surface area (Å²) in [6, 6.07) is 17.5. The van der Waals surface area contributed by atoms with E-state index in [0.717, 1.165) is 40.7 Å². The number of aromatic nitrogens is 1. The van der Waals surface area contributed by atoms with Gasteiger partial charge < -0.3 is 16.0 Å². The molecule has 2 aliphatic rings. The highest BCUT2D eigenvalue weighted by molar-refractivity contribution is 6.01. The van der Waals surface area contributed by atoms with Gasteiger partial charge in [0.05, 0.1) is 22.8 Å². The van der Waals surface area contributed by atoms with E-state index in [0.29, 0.717) is 18.8 Å². The molecule has 2 atom stereocenters. The number of carbonyl (C=O) groups excluding carboxylic acids is 2. The zero-order chi connectivity index (χ0) is 20.7. The van der Waals surface area contributed by atoms with Gasteiger partial charge in [-0.25, -0.2) is 0 Å². The number of benzene rings is 2. The van der Waals surface area contributed by atoms with Gasteiger partial charge in [-0.15, -0.1) is 0 Å². The highest BCUT2D eigenvalue weighted by Gasteiger charge is 2.36. The Hall–Kier alpha value is -3.41. The number of para-hydroxylation sites is 2. The molecule has 0 spiro atoms. The molecule has 0 aliphatic carbocycles. The molecule has 5 rings (SSSR count). The van der Waals surface area contributed by atoms with E-state index < -0.39 is 5.92 Å². The molecule has 0 radical (unpaired) electrons. The molecule has 3 heterocycles. The molecular formula is C24H24N4O2. The van der Waals surface area contributed by atoms with E-state index in [4.69, 9.17) is 10.7 Å². The lowest BCUT2D eigenvalue weighted by molar-refractivity contribution is -0.136. The predicted molar refractivity (Wildman–Crippen MR) is 117 cm³/mol. The second-order valence-electron chi connectivity index (χ2n) is 8.17. The van der Waals surface area contributed by atoms with Gasteiger partial charge in [-0.1, -0.05) is 36.4 Å². The minimum Gasteiger partial charge on any atom is -0.397 e. The zero-order valence-electron chi connectivity index (χ0n) is 16.7. The number of likely N-dealkylation sites (tertiary alicyclic amines) is 1. The fraction of sp³-hybridized carbons (Fsp3) is 0.292.